The van der Waals surface area contributed by atoms with E-state index in [4.69, 9.17) is 9.47 Å². The largest absolute Gasteiger partial charge is 0.491 e. The summed E-state index contributed by atoms with van der Waals surface area (Å²) in [5.74, 6) is 1.76. The molecule has 0 radical (unpaired) electrons. The quantitative estimate of drug-likeness (QED) is 0.832. The van der Waals surface area contributed by atoms with Crippen molar-refractivity contribution in [3.8, 4) is 5.75 Å². The van der Waals surface area contributed by atoms with Gasteiger partial charge < -0.3 is 14.6 Å². The Kier molecular flexibility index (Phi) is 4.54. The number of ether oxygens (including phenoxy) is 2. The van der Waals surface area contributed by atoms with Gasteiger partial charge in [-0.1, -0.05) is 25.1 Å². The van der Waals surface area contributed by atoms with Crippen LogP contribution in [0.5, 0.6) is 5.75 Å². The fourth-order valence-corrected chi connectivity index (χ4v) is 3.57. The number of hydrogen-bond donors (Lipinski definition) is 1. The summed E-state index contributed by atoms with van der Waals surface area (Å²) >= 11 is 1.81. The van der Waals surface area contributed by atoms with E-state index in [0.717, 1.165) is 23.5 Å². The van der Waals surface area contributed by atoms with Gasteiger partial charge in [-0.2, -0.15) is 11.8 Å². The molecule has 1 aliphatic heterocycles. The van der Waals surface area contributed by atoms with E-state index < -0.39 is 5.60 Å². The monoisotopic (exact) mass is 268 g/mol. The third-order valence-electron chi connectivity index (χ3n) is 3.42. The second-order valence-electron chi connectivity index (χ2n) is 4.52. The standard InChI is InChI=1S/C14H20O3S/c1-11-14(15,7-10-18-11)12-5-3-4-6-13(12)17-9-8-16-2/h3-6,11,15H,7-10H2,1-2H3. The van der Waals surface area contributed by atoms with E-state index in [-0.39, 0.29) is 5.25 Å². The van der Waals surface area contributed by atoms with Gasteiger partial charge in [-0.05, 0) is 18.2 Å². The molecule has 0 aromatic heterocycles. The molecule has 0 saturated carbocycles. The van der Waals surface area contributed by atoms with Crippen LogP contribution < -0.4 is 4.74 Å². The van der Waals surface area contributed by atoms with Crippen molar-refractivity contribution >= 4 is 11.8 Å². The average Bonchev–Trinajstić information content (AvgIpc) is 2.72. The van der Waals surface area contributed by atoms with Crippen molar-refractivity contribution in [2.45, 2.75) is 24.2 Å². The maximum Gasteiger partial charge on any atom is 0.125 e. The second kappa shape index (κ2) is 5.95. The summed E-state index contributed by atoms with van der Waals surface area (Å²) in [4.78, 5) is 0. The van der Waals surface area contributed by atoms with Crippen LogP contribution in [0.1, 0.15) is 18.9 Å². The van der Waals surface area contributed by atoms with Crippen LogP contribution in [-0.4, -0.2) is 36.4 Å². The molecule has 3 nitrogen and oxygen atoms in total. The van der Waals surface area contributed by atoms with E-state index in [1.54, 1.807) is 18.9 Å². The van der Waals surface area contributed by atoms with E-state index in [0.29, 0.717) is 13.2 Å². The summed E-state index contributed by atoms with van der Waals surface area (Å²) in [5, 5.41) is 11.0. The summed E-state index contributed by atoms with van der Waals surface area (Å²) in [6.07, 6.45) is 0.781. The summed E-state index contributed by atoms with van der Waals surface area (Å²) in [6.45, 7) is 3.13. The van der Waals surface area contributed by atoms with Crippen LogP contribution in [0.4, 0.5) is 0 Å². The topological polar surface area (TPSA) is 38.7 Å². The Balaban J connectivity index is 2.21. The molecule has 18 heavy (non-hydrogen) atoms. The Labute approximate surface area is 112 Å². The Morgan fingerprint density at radius 3 is 2.83 bits per heavy atom. The third-order valence-corrected chi connectivity index (χ3v) is 4.75. The maximum atomic E-state index is 10.8. The van der Waals surface area contributed by atoms with Gasteiger partial charge in [-0.3, -0.25) is 0 Å². The number of para-hydroxylation sites is 1. The summed E-state index contributed by atoms with van der Waals surface area (Å²) in [5.41, 5.74) is 0.132. The van der Waals surface area contributed by atoms with Gasteiger partial charge in [0.05, 0.1) is 6.61 Å². The molecule has 0 spiro atoms. The van der Waals surface area contributed by atoms with Gasteiger partial charge in [-0.15, -0.1) is 0 Å². The predicted molar refractivity (Wildman–Crippen MR) is 74.2 cm³/mol. The molecule has 2 rings (SSSR count). The molecule has 2 unspecified atom stereocenters. The Morgan fingerprint density at radius 2 is 2.17 bits per heavy atom. The number of rotatable bonds is 5. The molecule has 1 aromatic rings. The highest BCUT2D eigenvalue weighted by Gasteiger charge is 2.42. The zero-order chi connectivity index (χ0) is 13.0. The minimum absolute atomic E-state index is 0.199. The minimum atomic E-state index is -0.770. The Bertz CT molecular complexity index is 396. The van der Waals surface area contributed by atoms with Crippen molar-refractivity contribution in [3.63, 3.8) is 0 Å². The molecular formula is C14H20O3S. The lowest BCUT2D eigenvalue weighted by molar-refractivity contribution is 0.0386. The number of methoxy groups -OCH3 is 1. The predicted octanol–water partition coefficient (Wildman–Crippen LogP) is 2.42. The number of benzene rings is 1. The fraction of sp³-hybridized carbons (Fsp3) is 0.571. The molecule has 1 N–H and O–H groups in total. The zero-order valence-corrected chi connectivity index (χ0v) is 11.7. The van der Waals surface area contributed by atoms with Crippen LogP contribution in [0.15, 0.2) is 24.3 Å². The highest BCUT2D eigenvalue weighted by molar-refractivity contribution is 8.00. The molecule has 0 amide bonds. The van der Waals surface area contributed by atoms with Gasteiger partial charge in [-0.25, -0.2) is 0 Å². The van der Waals surface area contributed by atoms with E-state index >= 15 is 0 Å². The van der Waals surface area contributed by atoms with Crippen LogP contribution in [0.3, 0.4) is 0 Å². The van der Waals surface area contributed by atoms with Gasteiger partial charge in [0, 0.05) is 17.9 Å². The van der Waals surface area contributed by atoms with Crippen LogP contribution in [0, 0.1) is 0 Å². The summed E-state index contributed by atoms with van der Waals surface area (Å²) < 4.78 is 10.7. The van der Waals surface area contributed by atoms with Crippen molar-refractivity contribution in [2.75, 3.05) is 26.1 Å². The number of hydrogen-bond acceptors (Lipinski definition) is 4. The lowest BCUT2D eigenvalue weighted by Crippen LogP contribution is -2.32. The summed E-state index contributed by atoms with van der Waals surface area (Å²) in [6, 6.07) is 7.76. The van der Waals surface area contributed by atoms with Crippen molar-refractivity contribution in [2.24, 2.45) is 0 Å². The van der Waals surface area contributed by atoms with Gasteiger partial charge in [0.15, 0.2) is 0 Å². The third kappa shape index (κ3) is 2.66. The molecule has 1 heterocycles. The highest BCUT2D eigenvalue weighted by atomic mass is 32.2. The molecule has 0 aliphatic carbocycles. The summed E-state index contributed by atoms with van der Waals surface area (Å²) in [7, 11) is 1.65. The molecule has 1 aromatic carbocycles. The molecular weight excluding hydrogens is 248 g/mol. The number of aliphatic hydroxyl groups is 1. The van der Waals surface area contributed by atoms with Gasteiger partial charge >= 0.3 is 0 Å². The first-order valence-corrected chi connectivity index (χ1v) is 7.28. The molecule has 100 valence electrons. The zero-order valence-electron chi connectivity index (χ0n) is 10.9. The molecule has 2 atom stereocenters. The normalized spacial score (nSPS) is 27.4. The molecule has 0 bridgehead atoms. The van der Waals surface area contributed by atoms with Crippen molar-refractivity contribution in [3.05, 3.63) is 29.8 Å². The first-order valence-electron chi connectivity index (χ1n) is 6.23. The van der Waals surface area contributed by atoms with Crippen molar-refractivity contribution in [1.29, 1.82) is 0 Å². The van der Waals surface area contributed by atoms with Crippen LogP contribution in [-0.2, 0) is 10.3 Å². The first-order chi connectivity index (χ1) is 8.68. The minimum Gasteiger partial charge on any atom is -0.491 e. The second-order valence-corrected chi connectivity index (χ2v) is 5.97. The first kappa shape index (κ1) is 13.7. The van der Waals surface area contributed by atoms with Crippen LogP contribution in [0.25, 0.3) is 0 Å². The van der Waals surface area contributed by atoms with Gasteiger partial charge in [0.25, 0.3) is 0 Å². The van der Waals surface area contributed by atoms with Gasteiger partial charge in [0.2, 0.25) is 0 Å². The maximum absolute atomic E-state index is 10.8. The van der Waals surface area contributed by atoms with Gasteiger partial charge in [0.1, 0.15) is 18.0 Å². The van der Waals surface area contributed by atoms with Crippen LogP contribution in [0.2, 0.25) is 0 Å². The van der Waals surface area contributed by atoms with Crippen molar-refractivity contribution < 1.29 is 14.6 Å². The lowest BCUT2D eigenvalue weighted by Gasteiger charge is -2.29. The van der Waals surface area contributed by atoms with Crippen molar-refractivity contribution in [1.82, 2.24) is 0 Å². The van der Waals surface area contributed by atoms with Crippen LogP contribution >= 0.6 is 11.8 Å². The van der Waals surface area contributed by atoms with E-state index in [1.165, 1.54) is 0 Å². The highest BCUT2D eigenvalue weighted by Crippen LogP contribution is 2.45. The molecule has 1 fully saturated rings. The fourth-order valence-electron chi connectivity index (χ4n) is 2.27. The molecule has 1 aliphatic rings. The molecule has 4 heteroatoms. The number of thioether (sulfide) groups is 1. The van der Waals surface area contributed by atoms with E-state index in [1.807, 2.05) is 24.3 Å². The lowest BCUT2D eigenvalue weighted by atomic mass is 9.88. The molecule has 1 saturated heterocycles. The van der Waals surface area contributed by atoms with E-state index in [9.17, 15) is 5.11 Å². The Morgan fingerprint density at radius 1 is 1.39 bits per heavy atom. The smallest absolute Gasteiger partial charge is 0.125 e. The Hall–Kier alpha value is -0.710. The SMILES string of the molecule is COCCOc1ccccc1C1(O)CCSC1C. The van der Waals surface area contributed by atoms with E-state index in [2.05, 4.69) is 6.92 Å². The average molecular weight is 268 g/mol.